The molecule has 0 spiro atoms. The van der Waals surface area contributed by atoms with E-state index in [0.29, 0.717) is 5.29 Å². The van der Waals surface area contributed by atoms with Crippen LogP contribution in [0.3, 0.4) is 0 Å². The Morgan fingerprint density at radius 1 is 1.58 bits per heavy atom. The number of fused-ring (bicyclic) bond motifs is 1. The quantitative estimate of drug-likeness (QED) is 0.602. The third kappa shape index (κ3) is 1.10. The molecule has 64 valence electrons. The van der Waals surface area contributed by atoms with E-state index in [1.165, 1.54) is 0 Å². The third-order valence-corrected chi connectivity index (χ3v) is 3.05. The van der Waals surface area contributed by atoms with Crippen molar-refractivity contribution in [3.8, 4) is 0 Å². The van der Waals surface area contributed by atoms with E-state index in [-0.39, 0.29) is 0 Å². The maximum atomic E-state index is 5.92. The predicted molar refractivity (Wildman–Crippen MR) is 53.9 cm³/mol. The Labute approximate surface area is 83.9 Å². The summed E-state index contributed by atoms with van der Waals surface area (Å²) in [5, 5.41) is 0.520. The monoisotopic (exact) mass is 247 g/mol. The fourth-order valence-corrected chi connectivity index (χ4v) is 1.94. The fourth-order valence-electron chi connectivity index (χ4n) is 1.22. The highest BCUT2D eigenvalue weighted by Crippen LogP contribution is 2.26. The molecule has 0 unspecified atom stereocenters. The summed E-state index contributed by atoms with van der Waals surface area (Å²) in [6, 6.07) is 0. The topological polar surface area (TPSA) is 28.0 Å². The van der Waals surface area contributed by atoms with Crippen LogP contribution in [0.2, 0.25) is 0 Å². The third-order valence-electron chi connectivity index (χ3n) is 1.84. The predicted octanol–water partition coefficient (Wildman–Crippen LogP) is 1.94. The first-order valence-corrected chi connectivity index (χ1v) is 4.80. The molecule has 0 N–H and O–H groups in total. The first kappa shape index (κ1) is 8.26. The van der Waals surface area contributed by atoms with Crippen molar-refractivity contribution < 1.29 is 0 Å². The van der Waals surface area contributed by atoms with Crippen LogP contribution < -0.4 is 0 Å². The van der Waals surface area contributed by atoms with Crippen molar-refractivity contribution in [1.29, 1.82) is 0 Å². The number of rotatable bonds is 0. The van der Waals surface area contributed by atoms with E-state index in [1.54, 1.807) is 0 Å². The van der Waals surface area contributed by atoms with Crippen molar-refractivity contribution in [2.45, 2.75) is 6.92 Å². The standard InChI is InChI=1S/C7H7BrClN3/c1-4-5(8)6-10-2-3-12(6)7(9)11-4/h2-3H2,1H3. The molecule has 0 saturated carbocycles. The van der Waals surface area contributed by atoms with Crippen molar-refractivity contribution >= 4 is 38.7 Å². The van der Waals surface area contributed by atoms with Crippen molar-refractivity contribution in [2.75, 3.05) is 13.1 Å². The summed E-state index contributed by atoms with van der Waals surface area (Å²) in [6.45, 7) is 3.54. The molecule has 0 aromatic heterocycles. The first-order valence-electron chi connectivity index (χ1n) is 3.63. The van der Waals surface area contributed by atoms with Gasteiger partial charge < -0.3 is 0 Å². The van der Waals surface area contributed by atoms with Gasteiger partial charge in [-0.05, 0) is 34.5 Å². The molecule has 0 saturated heterocycles. The number of aliphatic imine (C=N–C) groups is 2. The molecule has 0 bridgehead atoms. The van der Waals surface area contributed by atoms with Gasteiger partial charge in [0, 0.05) is 6.54 Å². The minimum Gasteiger partial charge on any atom is -0.299 e. The van der Waals surface area contributed by atoms with Crippen LogP contribution in [0.25, 0.3) is 0 Å². The lowest BCUT2D eigenvalue weighted by molar-refractivity contribution is 0.672. The average molecular weight is 249 g/mol. The van der Waals surface area contributed by atoms with Gasteiger partial charge in [0.05, 0.1) is 16.7 Å². The Morgan fingerprint density at radius 3 is 3.08 bits per heavy atom. The van der Waals surface area contributed by atoms with Crippen LogP contribution in [0, 0.1) is 0 Å². The Hall–Kier alpha value is -0.350. The average Bonchev–Trinajstić information content (AvgIpc) is 2.48. The summed E-state index contributed by atoms with van der Waals surface area (Å²) in [7, 11) is 0. The number of halogens is 2. The van der Waals surface area contributed by atoms with Crippen LogP contribution >= 0.6 is 27.5 Å². The van der Waals surface area contributed by atoms with Gasteiger partial charge in [-0.15, -0.1) is 0 Å². The maximum Gasteiger partial charge on any atom is 0.204 e. The molecule has 0 aromatic rings. The molecule has 12 heavy (non-hydrogen) atoms. The molecule has 2 rings (SSSR count). The SMILES string of the molecule is CC1=C(Br)C2=NCCN2C(Cl)=N1. The van der Waals surface area contributed by atoms with Crippen molar-refractivity contribution in [3.05, 3.63) is 10.2 Å². The summed E-state index contributed by atoms with van der Waals surface area (Å²) < 4.78 is 0.949. The summed E-state index contributed by atoms with van der Waals surface area (Å²) in [6.07, 6.45) is 0. The summed E-state index contributed by atoms with van der Waals surface area (Å²) in [5.41, 5.74) is 0.886. The van der Waals surface area contributed by atoms with E-state index in [0.717, 1.165) is 29.1 Å². The molecule has 0 aromatic carbocycles. The second-order valence-electron chi connectivity index (χ2n) is 2.64. The summed E-state index contributed by atoms with van der Waals surface area (Å²) >= 11 is 9.35. The van der Waals surface area contributed by atoms with E-state index in [2.05, 4.69) is 25.9 Å². The normalized spacial score (nSPS) is 22.4. The highest BCUT2D eigenvalue weighted by Gasteiger charge is 2.27. The van der Waals surface area contributed by atoms with Crippen LogP contribution in [0.4, 0.5) is 0 Å². The Kier molecular flexibility index (Phi) is 1.96. The Bertz CT molecular complexity index is 319. The lowest BCUT2D eigenvalue weighted by atomic mass is 10.3. The number of hydrogen-bond acceptors (Lipinski definition) is 3. The van der Waals surface area contributed by atoms with Gasteiger partial charge in [0.15, 0.2) is 0 Å². The Balaban J connectivity index is 2.49. The van der Waals surface area contributed by atoms with E-state index in [1.807, 2.05) is 11.8 Å². The lowest BCUT2D eigenvalue weighted by Gasteiger charge is -2.22. The van der Waals surface area contributed by atoms with Gasteiger partial charge in [-0.2, -0.15) is 0 Å². The molecule has 0 radical (unpaired) electrons. The first-order chi connectivity index (χ1) is 5.70. The van der Waals surface area contributed by atoms with Gasteiger partial charge >= 0.3 is 0 Å². The second-order valence-corrected chi connectivity index (χ2v) is 3.77. The number of hydrogen-bond donors (Lipinski definition) is 0. The largest absolute Gasteiger partial charge is 0.299 e. The minimum atomic E-state index is 0.520. The van der Waals surface area contributed by atoms with E-state index in [9.17, 15) is 0 Å². The van der Waals surface area contributed by atoms with E-state index in [4.69, 9.17) is 11.6 Å². The van der Waals surface area contributed by atoms with Crippen LogP contribution in [-0.4, -0.2) is 29.1 Å². The zero-order chi connectivity index (χ0) is 8.72. The summed E-state index contributed by atoms with van der Waals surface area (Å²) in [5.74, 6) is 0.910. The fraction of sp³-hybridized carbons (Fsp3) is 0.429. The Morgan fingerprint density at radius 2 is 2.33 bits per heavy atom. The second kappa shape index (κ2) is 2.85. The van der Waals surface area contributed by atoms with Crippen molar-refractivity contribution in [1.82, 2.24) is 4.90 Å². The molecule has 0 atom stereocenters. The van der Waals surface area contributed by atoms with E-state index >= 15 is 0 Å². The van der Waals surface area contributed by atoms with E-state index < -0.39 is 0 Å². The summed E-state index contributed by atoms with van der Waals surface area (Å²) in [4.78, 5) is 10.4. The van der Waals surface area contributed by atoms with Gasteiger partial charge in [-0.3, -0.25) is 9.89 Å². The maximum absolute atomic E-state index is 5.92. The van der Waals surface area contributed by atoms with Gasteiger partial charge in [0.2, 0.25) is 5.29 Å². The highest BCUT2D eigenvalue weighted by atomic mass is 79.9. The molecular weight excluding hydrogens is 241 g/mol. The van der Waals surface area contributed by atoms with Crippen molar-refractivity contribution in [3.63, 3.8) is 0 Å². The molecule has 0 fully saturated rings. The molecule has 2 aliphatic rings. The zero-order valence-corrected chi connectivity index (χ0v) is 8.85. The van der Waals surface area contributed by atoms with Crippen LogP contribution in [0.15, 0.2) is 20.2 Å². The van der Waals surface area contributed by atoms with Gasteiger partial charge in [-0.1, -0.05) is 0 Å². The zero-order valence-electron chi connectivity index (χ0n) is 6.51. The van der Waals surface area contributed by atoms with Gasteiger partial charge in [0.1, 0.15) is 5.84 Å². The number of amidine groups is 2. The molecule has 3 nitrogen and oxygen atoms in total. The lowest BCUT2D eigenvalue weighted by Crippen LogP contribution is -2.33. The molecular formula is C7H7BrClN3. The van der Waals surface area contributed by atoms with Crippen molar-refractivity contribution in [2.24, 2.45) is 9.98 Å². The smallest absolute Gasteiger partial charge is 0.204 e. The highest BCUT2D eigenvalue weighted by molar-refractivity contribution is 9.12. The molecule has 2 aliphatic heterocycles. The molecule has 5 heteroatoms. The number of allylic oxidation sites excluding steroid dienone is 1. The molecule has 0 aliphatic carbocycles. The minimum absolute atomic E-state index is 0.520. The van der Waals surface area contributed by atoms with Gasteiger partial charge in [-0.25, -0.2) is 4.99 Å². The number of nitrogens with zero attached hydrogens (tertiary/aromatic N) is 3. The van der Waals surface area contributed by atoms with Crippen LogP contribution in [0.1, 0.15) is 6.92 Å². The van der Waals surface area contributed by atoms with Gasteiger partial charge in [0.25, 0.3) is 0 Å². The molecule has 2 heterocycles. The molecule has 0 amide bonds. The van der Waals surface area contributed by atoms with Crippen LogP contribution in [0.5, 0.6) is 0 Å². The van der Waals surface area contributed by atoms with Crippen LogP contribution in [-0.2, 0) is 0 Å².